The molecular formula is C20H23N3O4. The molecular weight excluding hydrogens is 346 g/mol. The minimum atomic E-state index is -0.713. The van der Waals surface area contributed by atoms with Crippen LogP contribution in [0.3, 0.4) is 0 Å². The molecule has 1 aromatic heterocycles. The number of hydrogen-bond acceptors (Lipinski definition) is 5. The third kappa shape index (κ3) is 4.81. The van der Waals surface area contributed by atoms with Crippen LogP contribution >= 0.6 is 0 Å². The number of esters is 1. The largest absolute Gasteiger partial charge is 0.451 e. The molecule has 27 heavy (non-hydrogen) atoms. The van der Waals surface area contributed by atoms with E-state index in [1.165, 1.54) is 16.8 Å². The molecule has 1 saturated heterocycles. The van der Waals surface area contributed by atoms with Crippen molar-refractivity contribution in [1.29, 1.82) is 0 Å². The van der Waals surface area contributed by atoms with E-state index < -0.39 is 5.97 Å². The summed E-state index contributed by atoms with van der Waals surface area (Å²) in [6.45, 7) is 2.63. The highest BCUT2D eigenvalue weighted by atomic mass is 16.5. The zero-order chi connectivity index (χ0) is 19.2. The van der Waals surface area contributed by atoms with Crippen molar-refractivity contribution in [3.05, 3.63) is 64.1 Å². The topological polar surface area (TPSA) is 81.5 Å². The summed E-state index contributed by atoms with van der Waals surface area (Å²) < 4.78 is 6.34. The average Bonchev–Trinajstić information content (AvgIpc) is 2.68. The first kappa shape index (κ1) is 18.8. The number of benzene rings is 1. The zero-order valence-electron chi connectivity index (χ0n) is 15.3. The quantitative estimate of drug-likeness (QED) is 0.752. The molecule has 7 nitrogen and oxygen atoms in total. The second-order valence-electron chi connectivity index (χ2n) is 6.71. The summed E-state index contributed by atoms with van der Waals surface area (Å²) in [7, 11) is 0. The van der Waals surface area contributed by atoms with E-state index in [9.17, 15) is 14.4 Å². The number of hydrogen-bond donors (Lipinski definition) is 0. The van der Waals surface area contributed by atoms with Crippen LogP contribution in [0.25, 0.3) is 0 Å². The van der Waals surface area contributed by atoms with Gasteiger partial charge in [0.15, 0.2) is 12.3 Å². The summed E-state index contributed by atoms with van der Waals surface area (Å²) in [5.41, 5.74) is 0.588. The van der Waals surface area contributed by atoms with Gasteiger partial charge >= 0.3 is 5.97 Å². The van der Waals surface area contributed by atoms with Gasteiger partial charge in [-0.15, -0.1) is 0 Å². The van der Waals surface area contributed by atoms with E-state index in [1.54, 1.807) is 4.90 Å². The molecule has 1 aromatic carbocycles. The molecule has 1 atom stereocenters. The Balaban J connectivity index is 1.63. The van der Waals surface area contributed by atoms with E-state index in [0.29, 0.717) is 6.54 Å². The van der Waals surface area contributed by atoms with Gasteiger partial charge in [-0.2, -0.15) is 5.10 Å². The highest BCUT2D eigenvalue weighted by Crippen LogP contribution is 2.16. The first-order chi connectivity index (χ1) is 13.0. The van der Waals surface area contributed by atoms with Crippen molar-refractivity contribution in [2.45, 2.75) is 38.8 Å². The van der Waals surface area contributed by atoms with Crippen LogP contribution in [0.4, 0.5) is 0 Å². The number of piperidine rings is 1. The number of likely N-dealkylation sites (tertiary alicyclic amines) is 1. The standard InChI is InChI=1S/C20H23N3O4/c1-15-7-5-6-12-22(15)19(25)14-27-20(26)17-10-11-18(24)23(21-17)13-16-8-3-2-4-9-16/h2-4,8-11,15H,5-7,12-14H2,1H3/t15-/m0/s1. The fraction of sp³-hybridized carbons (Fsp3) is 0.400. The fourth-order valence-electron chi connectivity index (χ4n) is 3.18. The smallest absolute Gasteiger partial charge is 0.359 e. The normalized spacial score (nSPS) is 16.8. The van der Waals surface area contributed by atoms with E-state index >= 15 is 0 Å². The van der Waals surface area contributed by atoms with E-state index in [0.717, 1.165) is 24.8 Å². The van der Waals surface area contributed by atoms with Gasteiger partial charge in [-0.25, -0.2) is 9.48 Å². The van der Waals surface area contributed by atoms with Crippen molar-refractivity contribution in [2.24, 2.45) is 0 Å². The van der Waals surface area contributed by atoms with Crippen molar-refractivity contribution in [1.82, 2.24) is 14.7 Å². The maximum absolute atomic E-state index is 12.3. The Morgan fingerprint density at radius 1 is 1.15 bits per heavy atom. The van der Waals surface area contributed by atoms with Gasteiger partial charge in [0.25, 0.3) is 11.5 Å². The lowest BCUT2D eigenvalue weighted by atomic mass is 10.0. The predicted molar refractivity (Wildman–Crippen MR) is 99.3 cm³/mol. The molecule has 1 fully saturated rings. The number of nitrogens with zero attached hydrogens (tertiary/aromatic N) is 3. The second-order valence-corrected chi connectivity index (χ2v) is 6.71. The number of aromatic nitrogens is 2. The van der Waals surface area contributed by atoms with Gasteiger partial charge < -0.3 is 9.64 Å². The molecule has 2 heterocycles. The summed E-state index contributed by atoms with van der Waals surface area (Å²) in [5, 5.41) is 4.08. The Kier molecular flexibility index (Phi) is 6.01. The summed E-state index contributed by atoms with van der Waals surface area (Å²) in [5.74, 6) is -0.914. The van der Waals surface area contributed by atoms with Crippen LogP contribution in [0, 0.1) is 0 Å². The molecule has 0 unspecified atom stereocenters. The summed E-state index contributed by atoms with van der Waals surface area (Å²) in [6, 6.07) is 12.1. The van der Waals surface area contributed by atoms with Crippen LogP contribution in [0.1, 0.15) is 42.2 Å². The maximum atomic E-state index is 12.3. The van der Waals surface area contributed by atoms with Gasteiger partial charge in [0.1, 0.15) is 0 Å². The third-order valence-corrected chi connectivity index (χ3v) is 4.70. The molecule has 0 N–H and O–H groups in total. The van der Waals surface area contributed by atoms with Crippen LogP contribution in [0.15, 0.2) is 47.3 Å². The molecule has 0 saturated carbocycles. The maximum Gasteiger partial charge on any atom is 0.359 e. The lowest BCUT2D eigenvalue weighted by Crippen LogP contribution is -2.44. The molecule has 1 amide bonds. The lowest BCUT2D eigenvalue weighted by molar-refractivity contribution is -0.137. The Bertz CT molecular complexity index is 863. The van der Waals surface area contributed by atoms with Gasteiger partial charge in [-0.1, -0.05) is 30.3 Å². The molecule has 3 rings (SSSR count). The number of carbonyl (C=O) groups excluding carboxylic acids is 2. The SMILES string of the molecule is C[C@H]1CCCCN1C(=O)COC(=O)c1ccc(=O)n(Cc2ccccc2)n1. The molecule has 0 bridgehead atoms. The molecule has 0 spiro atoms. The second kappa shape index (κ2) is 8.62. The van der Waals surface area contributed by atoms with Gasteiger partial charge in [0, 0.05) is 18.7 Å². The number of carbonyl (C=O) groups is 2. The monoisotopic (exact) mass is 369 g/mol. The first-order valence-corrected chi connectivity index (χ1v) is 9.13. The van der Waals surface area contributed by atoms with E-state index in [-0.39, 0.29) is 36.4 Å². The molecule has 1 aliphatic heterocycles. The minimum Gasteiger partial charge on any atom is -0.451 e. The van der Waals surface area contributed by atoms with Crippen LogP contribution in [0.5, 0.6) is 0 Å². The average molecular weight is 369 g/mol. The minimum absolute atomic E-state index is 0.00465. The molecule has 1 aliphatic rings. The molecule has 7 heteroatoms. The van der Waals surface area contributed by atoms with Crippen LogP contribution in [0.2, 0.25) is 0 Å². The highest BCUT2D eigenvalue weighted by molar-refractivity contribution is 5.89. The highest BCUT2D eigenvalue weighted by Gasteiger charge is 2.24. The van der Waals surface area contributed by atoms with E-state index in [4.69, 9.17) is 4.74 Å². The van der Waals surface area contributed by atoms with Crippen LogP contribution in [-0.4, -0.2) is 45.8 Å². The molecule has 2 aromatic rings. The summed E-state index contributed by atoms with van der Waals surface area (Å²) in [6.07, 6.45) is 3.04. The summed E-state index contributed by atoms with van der Waals surface area (Å²) in [4.78, 5) is 38.3. The number of ether oxygens (including phenoxy) is 1. The molecule has 142 valence electrons. The lowest BCUT2D eigenvalue weighted by Gasteiger charge is -2.33. The van der Waals surface area contributed by atoms with Gasteiger partial charge in [-0.05, 0) is 37.8 Å². The Hall–Kier alpha value is -2.96. The molecule has 0 radical (unpaired) electrons. The van der Waals surface area contributed by atoms with Crippen LogP contribution in [-0.2, 0) is 16.1 Å². The Morgan fingerprint density at radius 3 is 2.67 bits per heavy atom. The Morgan fingerprint density at radius 2 is 1.93 bits per heavy atom. The third-order valence-electron chi connectivity index (χ3n) is 4.70. The van der Waals surface area contributed by atoms with Crippen molar-refractivity contribution < 1.29 is 14.3 Å². The van der Waals surface area contributed by atoms with Crippen molar-refractivity contribution in [3.63, 3.8) is 0 Å². The first-order valence-electron chi connectivity index (χ1n) is 9.13. The molecule has 0 aliphatic carbocycles. The van der Waals surface area contributed by atoms with Crippen LogP contribution < -0.4 is 5.56 Å². The fourth-order valence-corrected chi connectivity index (χ4v) is 3.18. The number of amides is 1. The van der Waals surface area contributed by atoms with E-state index in [2.05, 4.69) is 5.10 Å². The zero-order valence-corrected chi connectivity index (χ0v) is 15.3. The summed E-state index contributed by atoms with van der Waals surface area (Å²) >= 11 is 0. The van der Waals surface area contributed by atoms with Gasteiger partial charge in [0.05, 0.1) is 6.54 Å². The van der Waals surface area contributed by atoms with Crippen molar-refractivity contribution in [2.75, 3.05) is 13.2 Å². The van der Waals surface area contributed by atoms with Gasteiger partial charge in [-0.3, -0.25) is 9.59 Å². The Labute approximate surface area is 157 Å². The van der Waals surface area contributed by atoms with E-state index in [1.807, 2.05) is 37.3 Å². The van der Waals surface area contributed by atoms with Crippen molar-refractivity contribution >= 4 is 11.9 Å². The number of rotatable bonds is 5. The van der Waals surface area contributed by atoms with Gasteiger partial charge in [0.2, 0.25) is 0 Å². The van der Waals surface area contributed by atoms with Crippen molar-refractivity contribution in [3.8, 4) is 0 Å². The predicted octanol–water partition coefficient (Wildman–Crippen LogP) is 1.85.